The molecule has 0 saturated carbocycles. The third-order valence-electron chi connectivity index (χ3n) is 5.51. The second-order valence-corrected chi connectivity index (χ2v) is 15.5. The highest BCUT2D eigenvalue weighted by Crippen LogP contribution is 2.37. The van der Waals surface area contributed by atoms with Gasteiger partial charge in [0.05, 0.1) is 14.8 Å². The molecule has 0 bridgehead atoms. The van der Waals surface area contributed by atoms with E-state index in [2.05, 4.69) is 94.5 Å². The summed E-state index contributed by atoms with van der Waals surface area (Å²) in [6.45, 7) is 13.3. The van der Waals surface area contributed by atoms with Crippen molar-refractivity contribution < 1.29 is 8.95 Å². The molecule has 0 heterocycles. The van der Waals surface area contributed by atoms with Gasteiger partial charge in [-0.15, -0.1) is 0 Å². The van der Waals surface area contributed by atoms with E-state index in [9.17, 15) is 0 Å². The Hall–Kier alpha value is -0.993. The lowest BCUT2D eigenvalue weighted by Gasteiger charge is -2.36. The van der Waals surface area contributed by atoms with Crippen LogP contribution in [0, 0.1) is 0 Å². The SMILES string of the molecule is CC(C)(C)[Si](C)(C)OCCCCCCOP(c1ccccc1)c1ccccc1. The highest BCUT2D eigenvalue weighted by atomic mass is 31.1. The number of unbranched alkanes of at least 4 members (excludes halogenated alkanes) is 3. The minimum Gasteiger partial charge on any atom is -0.417 e. The molecule has 2 aromatic rings. The zero-order valence-electron chi connectivity index (χ0n) is 18.3. The van der Waals surface area contributed by atoms with Crippen molar-refractivity contribution in [1.29, 1.82) is 0 Å². The molecule has 4 heteroatoms. The first-order valence-electron chi connectivity index (χ1n) is 10.5. The van der Waals surface area contributed by atoms with Crippen LogP contribution in [-0.4, -0.2) is 21.5 Å². The Bertz CT molecular complexity index is 629. The highest BCUT2D eigenvalue weighted by molar-refractivity contribution is 7.68. The average Bonchev–Trinajstić information content (AvgIpc) is 2.67. The summed E-state index contributed by atoms with van der Waals surface area (Å²) < 4.78 is 12.6. The Morgan fingerprint density at radius 1 is 0.714 bits per heavy atom. The van der Waals surface area contributed by atoms with Crippen molar-refractivity contribution in [3.8, 4) is 0 Å². The van der Waals surface area contributed by atoms with E-state index in [1.807, 2.05) is 0 Å². The van der Waals surface area contributed by atoms with Gasteiger partial charge in [0.25, 0.3) is 0 Å². The minimum absolute atomic E-state index is 0.299. The first kappa shape index (κ1) is 23.3. The highest BCUT2D eigenvalue weighted by Gasteiger charge is 2.36. The van der Waals surface area contributed by atoms with Crippen LogP contribution >= 0.6 is 8.15 Å². The normalized spacial score (nSPS) is 12.5. The molecule has 28 heavy (non-hydrogen) atoms. The van der Waals surface area contributed by atoms with E-state index in [-0.39, 0.29) is 0 Å². The molecule has 0 amide bonds. The van der Waals surface area contributed by atoms with E-state index in [1.165, 1.54) is 23.5 Å². The van der Waals surface area contributed by atoms with Crippen molar-refractivity contribution in [3.05, 3.63) is 60.7 Å². The molecule has 0 radical (unpaired) electrons. The Morgan fingerprint density at radius 3 is 1.64 bits per heavy atom. The molecule has 0 aromatic heterocycles. The van der Waals surface area contributed by atoms with E-state index in [4.69, 9.17) is 8.95 Å². The largest absolute Gasteiger partial charge is 0.417 e. The molecule has 2 nitrogen and oxygen atoms in total. The van der Waals surface area contributed by atoms with Gasteiger partial charge in [-0.3, -0.25) is 0 Å². The van der Waals surface area contributed by atoms with Gasteiger partial charge in [-0.1, -0.05) is 94.3 Å². The van der Waals surface area contributed by atoms with Gasteiger partial charge in [-0.05, 0) is 31.0 Å². The van der Waals surface area contributed by atoms with Crippen LogP contribution < -0.4 is 10.6 Å². The van der Waals surface area contributed by atoms with Crippen LogP contribution in [0.4, 0.5) is 0 Å². The van der Waals surface area contributed by atoms with Gasteiger partial charge in [0.2, 0.25) is 0 Å². The maximum absolute atomic E-state index is 6.36. The van der Waals surface area contributed by atoms with Crippen molar-refractivity contribution in [2.75, 3.05) is 13.2 Å². The van der Waals surface area contributed by atoms with Gasteiger partial charge in [-0.2, -0.15) is 0 Å². The predicted molar refractivity (Wildman–Crippen MR) is 127 cm³/mol. The Morgan fingerprint density at radius 2 is 1.18 bits per heavy atom. The number of hydrogen-bond acceptors (Lipinski definition) is 2. The van der Waals surface area contributed by atoms with Gasteiger partial charge in [-0.25, -0.2) is 0 Å². The lowest BCUT2D eigenvalue weighted by molar-refractivity contribution is 0.274. The fraction of sp³-hybridized carbons (Fsp3) is 0.500. The molecular weight excluding hydrogens is 379 g/mol. The molecule has 0 fully saturated rings. The molecule has 0 atom stereocenters. The lowest BCUT2D eigenvalue weighted by atomic mass is 10.2. The summed E-state index contributed by atoms with van der Waals surface area (Å²) in [6, 6.07) is 21.2. The zero-order chi connectivity index (χ0) is 20.5. The van der Waals surface area contributed by atoms with Crippen molar-refractivity contribution in [2.45, 2.75) is 64.6 Å². The van der Waals surface area contributed by atoms with Crippen LogP contribution in [0.1, 0.15) is 46.5 Å². The zero-order valence-corrected chi connectivity index (χ0v) is 20.2. The van der Waals surface area contributed by atoms with Crippen LogP contribution in [0.3, 0.4) is 0 Å². The molecule has 0 aliphatic heterocycles. The minimum atomic E-state index is -1.59. The first-order valence-corrected chi connectivity index (χ1v) is 14.7. The van der Waals surface area contributed by atoms with Crippen LogP contribution in [0.25, 0.3) is 0 Å². The van der Waals surface area contributed by atoms with Gasteiger partial charge in [0.1, 0.15) is 0 Å². The Labute approximate surface area is 174 Å². The topological polar surface area (TPSA) is 18.5 Å². The van der Waals surface area contributed by atoms with E-state index >= 15 is 0 Å². The molecule has 0 saturated heterocycles. The van der Waals surface area contributed by atoms with Crippen molar-refractivity contribution in [2.24, 2.45) is 0 Å². The molecule has 0 aliphatic carbocycles. The van der Waals surface area contributed by atoms with Crippen LogP contribution in [0.2, 0.25) is 18.1 Å². The van der Waals surface area contributed by atoms with Crippen LogP contribution in [0.5, 0.6) is 0 Å². The second-order valence-electron chi connectivity index (χ2n) is 8.82. The van der Waals surface area contributed by atoms with E-state index < -0.39 is 16.5 Å². The van der Waals surface area contributed by atoms with Gasteiger partial charge in [0, 0.05) is 17.2 Å². The summed E-state index contributed by atoms with van der Waals surface area (Å²) in [7, 11) is -2.32. The number of hydrogen-bond donors (Lipinski definition) is 0. The standard InChI is InChI=1S/C24H37O2PSi/c1-24(2,3)28(4,5)26-21-15-7-6-14-20-25-27(22-16-10-8-11-17-22)23-18-12-9-13-19-23/h8-13,16-19H,6-7,14-15,20-21H2,1-5H3. The Balaban J connectivity index is 1.71. The van der Waals surface area contributed by atoms with Crippen molar-refractivity contribution >= 4 is 27.1 Å². The van der Waals surface area contributed by atoms with E-state index in [1.54, 1.807) is 0 Å². The number of benzene rings is 2. The molecule has 2 rings (SSSR count). The van der Waals surface area contributed by atoms with Gasteiger partial charge >= 0.3 is 0 Å². The van der Waals surface area contributed by atoms with Gasteiger partial charge < -0.3 is 8.95 Å². The maximum atomic E-state index is 6.36. The summed E-state index contributed by atoms with van der Waals surface area (Å²) in [5, 5.41) is 2.87. The molecule has 0 unspecified atom stereocenters. The van der Waals surface area contributed by atoms with Crippen molar-refractivity contribution in [3.63, 3.8) is 0 Å². The monoisotopic (exact) mass is 416 g/mol. The molecule has 0 aliphatic rings. The molecule has 0 spiro atoms. The van der Waals surface area contributed by atoms with E-state index in [0.717, 1.165) is 26.1 Å². The quantitative estimate of drug-likeness (QED) is 0.232. The third-order valence-corrected chi connectivity index (χ3v) is 12.0. The summed E-state index contributed by atoms with van der Waals surface area (Å²) in [6.07, 6.45) is 4.68. The number of rotatable bonds is 11. The predicted octanol–water partition coefficient (Wildman–Crippen LogP) is 6.63. The first-order chi connectivity index (χ1) is 13.3. The fourth-order valence-electron chi connectivity index (χ4n) is 2.68. The maximum Gasteiger partial charge on any atom is 0.191 e. The molecular formula is C24H37O2PSi. The third kappa shape index (κ3) is 7.44. The summed E-state index contributed by atoms with van der Waals surface area (Å²) in [5.74, 6) is 0. The summed E-state index contributed by atoms with van der Waals surface area (Å²) in [5.41, 5.74) is 0. The van der Waals surface area contributed by atoms with Crippen molar-refractivity contribution in [1.82, 2.24) is 0 Å². The van der Waals surface area contributed by atoms with Gasteiger partial charge in [0.15, 0.2) is 8.32 Å². The molecule has 2 aromatic carbocycles. The van der Waals surface area contributed by atoms with E-state index in [0.29, 0.717) is 5.04 Å². The molecule has 154 valence electrons. The summed E-state index contributed by atoms with van der Waals surface area (Å²) >= 11 is 0. The van der Waals surface area contributed by atoms with Crippen LogP contribution in [-0.2, 0) is 8.95 Å². The Kier molecular flexibility index (Phi) is 9.36. The molecule has 0 N–H and O–H groups in total. The second kappa shape index (κ2) is 11.3. The summed E-state index contributed by atoms with van der Waals surface area (Å²) in [4.78, 5) is 0. The smallest absolute Gasteiger partial charge is 0.191 e. The fourth-order valence-corrected chi connectivity index (χ4v) is 5.56. The lowest BCUT2D eigenvalue weighted by Crippen LogP contribution is -2.40. The average molecular weight is 417 g/mol. The van der Waals surface area contributed by atoms with Crippen LogP contribution in [0.15, 0.2) is 60.7 Å².